The van der Waals surface area contributed by atoms with Crippen molar-refractivity contribution in [1.82, 2.24) is 15.6 Å². The zero-order valence-electron chi connectivity index (χ0n) is 18.6. The maximum Gasteiger partial charge on any atom is 0.289 e. The summed E-state index contributed by atoms with van der Waals surface area (Å²) in [5.41, 5.74) is 6.34. The molecule has 2 N–H and O–H groups in total. The van der Waals surface area contributed by atoms with Crippen LogP contribution in [0.3, 0.4) is 0 Å². The van der Waals surface area contributed by atoms with Gasteiger partial charge in [-0.05, 0) is 58.8 Å². The van der Waals surface area contributed by atoms with Gasteiger partial charge in [0.1, 0.15) is 18.1 Å². The van der Waals surface area contributed by atoms with E-state index in [-0.39, 0.29) is 5.91 Å². The van der Waals surface area contributed by atoms with Crippen molar-refractivity contribution in [3.63, 3.8) is 0 Å². The third-order valence-corrected chi connectivity index (χ3v) is 5.74. The van der Waals surface area contributed by atoms with Crippen LogP contribution in [0.5, 0.6) is 5.75 Å². The Morgan fingerprint density at radius 3 is 2.57 bits per heavy atom. The van der Waals surface area contributed by atoms with Crippen LogP contribution >= 0.6 is 11.6 Å². The zero-order chi connectivity index (χ0) is 24.0. The van der Waals surface area contributed by atoms with Gasteiger partial charge in [0, 0.05) is 16.1 Å². The van der Waals surface area contributed by atoms with Crippen LogP contribution in [-0.2, 0) is 6.61 Å². The Balaban J connectivity index is 1.20. The second-order valence-corrected chi connectivity index (χ2v) is 8.31. The number of nitrogens with zero attached hydrogens (tertiary/aromatic N) is 2. The minimum absolute atomic E-state index is 0.318. The average Bonchev–Trinajstić information content (AvgIpc) is 3.39. The Kier molecular flexibility index (Phi) is 6.55. The molecule has 5 rings (SSSR count). The minimum Gasteiger partial charge on any atom is -0.489 e. The molecule has 0 aliphatic carbocycles. The van der Waals surface area contributed by atoms with Gasteiger partial charge in [0.2, 0.25) is 0 Å². The van der Waals surface area contributed by atoms with Crippen molar-refractivity contribution < 1.29 is 9.53 Å². The average molecular weight is 481 g/mol. The molecule has 172 valence electrons. The topological polar surface area (TPSA) is 79.4 Å². The summed E-state index contributed by atoms with van der Waals surface area (Å²) < 4.78 is 5.82. The molecule has 5 aromatic rings. The number of ether oxygens (including phenoxy) is 1. The smallest absolute Gasteiger partial charge is 0.289 e. The summed E-state index contributed by atoms with van der Waals surface area (Å²) in [6.45, 7) is 0.447. The number of rotatable bonds is 7. The van der Waals surface area contributed by atoms with Crippen LogP contribution in [0.4, 0.5) is 0 Å². The van der Waals surface area contributed by atoms with Crippen molar-refractivity contribution in [1.29, 1.82) is 0 Å². The molecule has 7 heteroatoms. The van der Waals surface area contributed by atoms with E-state index in [1.807, 2.05) is 91.0 Å². The van der Waals surface area contributed by atoms with E-state index in [1.54, 1.807) is 12.3 Å². The van der Waals surface area contributed by atoms with Gasteiger partial charge in [-0.15, -0.1) is 0 Å². The molecule has 1 aromatic heterocycles. The Hall–Kier alpha value is -4.42. The van der Waals surface area contributed by atoms with Gasteiger partial charge < -0.3 is 4.74 Å². The van der Waals surface area contributed by atoms with E-state index in [1.165, 1.54) is 0 Å². The Morgan fingerprint density at radius 1 is 0.971 bits per heavy atom. The molecule has 1 amide bonds. The summed E-state index contributed by atoms with van der Waals surface area (Å²) in [4.78, 5) is 12.5. The van der Waals surface area contributed by atoms with Gasteiger partial charge >= 0.3 is 0 Å². The highest BCUT2D eigenvalue weighted by Gasteiger charge is 2.11. The lowest BCUT2D eigenvalue weighted by atomic mass is 10.1. The van der Waals surface area contributed by atoms with Crippen molar-refractivity contribution in [3.8, 4) is 17.0 Å². The summed E-state index contributed by atoms with van der Waals surface area (Å²) in [6.07, 6.45) is 1.64. The maximum atomic E-state index is 12.5. The number of benzene rings is 4. The minimum atomic E-state index is -0.372. The molecular formula is C28H21ClN4O2. The highest BCUT2D eigenvalue weighted by molar-refractivity contribution is 6.30. The van der Waals surface area contributed by atoms with Crippen LogP contribution in [0, 0.1) is 0 Å². The van der Waals surface area contributed by atoms with Crippen molar-refractivity contribution in [2.24, 2.45) is 5.10 Å². The summed E-state index contributed by atoms with van der Waals surface area (Å²) in [7, 11) is 0. The van der Waals surface area contributed by atoms with Crippen molar-refractivity contribution in [2.75, 3.05) is 0 Å². The third kappa shape index (κ3) is 5.39. The van der Waals surface area contributed by atoms with E-state index in [4.69, 9.17) is 16.3 Å². The standard InChI is InChI=1S/C28H21ClN4O2/c29-23-12-8-19(9-13-23)18-35-24-14-10-21(11-15-24)26-16-27(32-31-26)28(34)33-30-17-22-6-3-5-20-4-1-2-7-25(20)22/h1-17H,18H2,(H,31,32)(H,33,34)/b30-17-. The van der Waals surface area contributed by atoms with E-state index in [0.29, 0.717) is 23.0 Å². The molecule has 0 radical (unpaired) electrons. The number of H-pyrrole nitrogens is 1. The molecule has 0 saturated heterocycles. The molecule has 0 bridgehead atoms. The van der Waals surface area contributed by atoms with Crippen molar-refractivity contribution in [3.05, 3.63) is 119 Å². The van der Waals surface area contributed by atoms with Gasteiger partial charge in [-0.1, -0.05) is 66.2 Å². The van der Waals surface area contributed by atoms with Crippen LogP contribution in [0.25, 0.3) is 22.0 Å². The molecule has 0 aliphatic heterocycles. The number of halogens is 1. The second kappa shape index (κ2) is 10.2. The predicted octanol–water partition coefficient (Wildman–Crippen LogP) is 6.23. The second-order valence-electron chi connectivity index (χ2n) is 7.87. The molecule has 0 fully saturated rings. The lowest BCUT2D eigenvalue weighted by molar-refractivity contribution is 0.0950. The summed E-state index contributed by atoms with van der Waals surface area (Å²) in [5.74, 6) is 0.364. The first kappa shape index (κ1) is 22.4. The molecule has 0 saturated carbocycles. The maximum absolute atomic E-state index is 12.5. The quantitative estimate of drug-likeness (QED) is 0.214. The number of aromatic nitrogens is 2. The fraction of sp³-hybridized carbons (Fsp3) is 0.0357. The Morgan fingerprint density at radius 2 is 1.74 bits per heavy atom. The number of fused-ring (bicyclic) bond motifs is 1. The molecule has 35 heavy (non-hydrogen) atoms. The number of aromatic amines is 1. The van der Waals surface area contributed by atoms with Gasteiger partial charge in [0.15, 0.2) is 0 Å². The normalized spacial score (nSPS) is 11.1. The van der Waals surface area contributed by atoms with Gasteiger partial charge in [0.05, 0.1) is 11.9 Å². The largest absolute Gasteiger partial charge is 0.489 e. The highest BCUT2D eigenvalue weighted by atomic mass is 35.5. The van der Waals surface area contributed by atoms with Crippen molar-refractivity contribution >= 4 is 34.5 Å². The fourth-order valence-corrected chi connectivity index (χ4v) is 3.76. The number of carbonyl (C=O) groups excluding carboxylic acids is 1. The molecule has 0 atom stereocenters. The first-order chi connectivity index (χ1) is 17.2. The number of hydrogen-bond donors (Lipinski definition) is 2. The number of hydrogen-bond acceptors (Lipinski definition) is 4. The molecular weight excluding hydrogens is 460 g/mol. The van der Waals surface area contributed by atoms with Gasteiger partial charge in [0.25, 0.3) is 5.91 Å². The summed E-state index contributed by atoms with van der Waals surface area (Å²) in [5, 5.41) is 14.0. The van der Waals surface area contributed by atoms with E-state index in [0.717, 1.165) is 33.2 Å². The number of nitrogens with one attached hydrogen (secondary N) is 2. The Labute approximate surface area is 207 Å². The van der Waals surface area contributed by atoms with E-state index >= 15 is 0 Å². The van der Waals surface area contributed by atoms with E-state index in [2.05, 4.69) is 20.7 Å². The molecule has 1 heterocycles. The van der Waals surface area contributed by atoms with Crippen LogP contribution in [0.15, 0.2) is 102 Å². The number of amides is 1. The SMILES string of the molecule is O=C(N/N=C\c1cccc2ccccc12)c1cc(-c2ccc(OCc3ccc(Cl)cc3)cc2)n[nH]1. The van der Waals surface area contributed by atoms with Crippen LogP contribution in [0.1, 0.15) is 21.6 Å². The lowest BCUT2D eigenvalue weighted by Gasteiger charge is -2.07. The van der Waals surface area contributed by atoms with E-state index < -0.39 is 0 Å². The van der Waals surface area contributed by atoms with E-state index in [9.17, 15) is 4.79 Å². The van der Waals surface area contributed by atoms with Crippen LogP contribution in [-0.4, -0.2) is 22.3 Å². The first-order valence-corrected chi connectivity index (χ1v) is 11.4. The summed E-state index contributed by atoms with van der Waals surface area (Å²) in [6, 6.07) is 30.7. The first-order valence-electron chi connectivity index (χ1n) is 11.0. The van der Waals surface area contributed by atoms with Crippen molar-refractivity contribution in [2.45, 2.75) is 6.61 Å². The monoisotopic (exact) mass is 480 g/mol. The highest BCUT2D eigenvalue weighted by Crippen LogP contribution is 2.22. The van der Waals surface area contributed by atoms with Crippen LogP contribution in [0.2, 0.25) is 5.02 Å². The number of carbonyl (C=O) groups is 1. The van der Waals surface area contributed by atoms with Gasteiger partial charge in [-0.25, -0.2) is 5.43 Å². The molecule has 6 nitrogen and oxygen atoms in total. The lowest BCUT2D eigenvalue weighted by Crippen LogP contribution is -2.18. The Bertz CT molecular complexity index is 1490. The third-order valence-electron chi connectivity index (χ3n) is 5.48. The zero-order valence-corrected chi connectivity index (χ0v) is 19.4. The molecule has 0 aliphatic rings. The molecule has 0 unspecified atom stereocenters. The summed E-state index contributed by atoms with van der Waals surface area (Å²) >= 11 is 5.91. The van der Waals surface area contributed by atoms with Crippen LogP contribution < -0.4 is 10.2 Å². The molecule has 4 aromatic carbocycles. The van der Waals surface area contributed by atoms with Gasteiger partial charge in [-0.3, -0.25) is 9.89 Å². The number of hydrazone groups is 1. The predicted molar refractivity (Wildman–Crippen MR) is 139 cm³/mol. The van der Waals surface area contributed by atoms with Gasteiger partial charge in [-0.2, -0.15) is 10.2 Å². The molecule has 0 spiro atoms. The fourth-order valence-electron chi connectivity index (χ4n) is 3.64.